The molecule has 0 bridgehead atoms. The maximum absolute atomic E-state index is 5.87. The third kappa shape index (κ3) is 6.14. The summed E-state index contributed by atoms with van der Waals surface area (Å²) < 4.78 is 11.1. The summed E-state index contributed by atoms with van der Waals surface area (Å²) in [7, 11) is 1.77. The van der Waals surface area contributed by atoms with E-state index in [1.165, 1.54) is 19.4 Å². The largest absolute Gasteiger partial charge is 0.383 e. The lowest BCUT2D eigenvalue weighted by Crippen LogP contribution is -2.48. The van der Waals surface area contributed by atoms with Crippen molar-refractivity contribution in [1.82, 2.24) is 10.2 Å². The molecular weight excluding hydrogens is 228 g/mol. The van der Waals surface area contributed by atoms with Gasteiger partial charge in [-0.25, -0.2) is 0 Å². The van der Waals surface area contributed by atoms with Gasteiger partial charge in [0.25, 0.3) is 0 Å². The summed E-state index contributed by atoms with van der Waals surface area (Å²) >= 11 is 0. The Hall–Kier alpha value is -0.160. The first-order valence-corrected chi connectivity index (χ1v) is 7.36. The van der Waals surface area contributed by atoms with Crippen LogP contribution in [0.1, 0.15) is 33.1 Å². The highest BCUT2D eigenvalue weighted by atomic mass is 16.5. The van der Waals surface area contributed by atoms with Crippen LogP contribution in [0.2, 0.25) is 0 Å². The smallest absolute Gasteiger partial charge is 0.0702 e. The van der Waals surface area contributed by atoms with Crippen LogP contribution in [0.5, 0.6) is 0 Å². The van der Waals surface area contributed by atoms with Crippen molar-refractivity contribution in [1.29, 1.82) is 0 Å². The van der Waals surface area contributed by atoms with E-state index in [0.717, 1.165) is 39.3 Å². The van der Waals surface area contributed by atoms with E-state index >= 15 is 0 Å². The monoisotopic (exact) mass is 258 g/mol. The van der Waals surface area contributed by atoms with Crippen molar-refractivity contribution in [3.63, 3.8) is 0 Å². The fourth-order valence-electron chi connectivity index (χ4n) is 2.58. The molecule has 0 saturated carbocycles. The number of nitrogens with one attached hydrogen (secondary N) is 1. The molecule has 4 nitrogen and oxygen atoms in total. The van der Waals surface area contributed by atoms with Crippen LogP contribution in [0, 0.1) is 0 Å². The molecule has 1 heterocycles. The van der Waals surface area contributed by atoms with Gasteiger partial charge in [0.05, 0.1) is 12.7 Å². The highest BCUT2D eigenvalue weighted by Gasteiger charge is 2.22. The van der Waals surface area contributed by atoms with Crippen LogP contribution < -0.4 is 5.32 Å². The van der Waals surface area contributed by atoms with E-state index in [-0.39, 0.29) is 0 Å². The maximum Gasteiger partial charge on any atom is 0.0702 e. The quantitative estimate of drug-likeness (QED) is 0.679. The van der Waals surface area contributed by atoms with Gasteiger partial charge >= 0.3 is 0 Å². The first-order valence-electron chi connectivity index (χ1n) is 7.36. The van der Waals surface area contributed by atoms with E-state index in [1.807, 2.05) is 0 Å². The molecule has 0 aromatic rings. The highest BCUT2D eigenvalue weighted by molar-refractivity contribution is 4.78. The molecule has 2 atom stereocenters. The Bertz CT molecular complexity index is 196. The second-order valence-corrected chi connectivity index (χ2v) is 5.10. The Balaban J connectivity index is 2.30. The predicted molar refractivity (Wildman–Crippen MR) is 75.0 cm³/mol. The van der Waals surface area contributed by atoms with E-state index in [4.69, 9.17) is 9.47 Å². The number of ether oxygens (including phenoxy) is 2. The Morgan fingerprint density at radius 1 is 1.39 bits per heavy atom. The molecule has 1 N–H and O–H groups in total. The van der Waals surface area contributed by atoms with Gasteiger partial charge in [-0.1, -0.05) is 13.8 Å². The Kier molecular flexibility index (Phi) is 8.59. The van der Waals surface area contributed by atoms with Gasteiger partial charge in [0.15, 0.2) is 0 Å². The molecule has 1 saturated heterocycles. The number of hydrogen-bond acceptors (Lipinski definition) is 4. The van der Waals surface area contributed by atoms with Crippen LogP contribution in [0.3, 0.4) is 0 Å². The third-order valence-electron chi connectivity index (χ3n) is 3.36. The van der Waals surface area contributed by atoms with Crippen molar-refractivity contribution >= 4 is 0 Å². The molecule has 0 amide bonds. The van der Waals surface area contributed by atoms with E-state index in [1.54, 1.807) is 7.11 Å². The summed E-state index contributed by atoms with van der Waals surface area (Å²) in [5.74, 6) is 0. The number of methoxy groups -OCH3 is 1. The highest BCUT2D eigenvalue weighted by Crippen LogP contribution is 2.13. The van der Waals surface area contributed by atoms with Crippen LogP contribution in [-0.4, -0.2) is 63.5 Å². The van der Waals surface area contributed by atoms with Crippen LogP contribution in [0.4, 0.5) is 0 Å². The second-order valence-electron chi connectivity index (χ2n) is 5.10. The molecule has 1 aliphatic heterocycles. The lowest BCUT2D eigenvalue weighted by molar-refractivity contribution is -0.00467. The molecule has 1 rings (SSSR count). The topological polar surface area (TPSA) is 33.7 Å². The number of likely N-dealkylation sites (tertiary alicyclic amines) is 1. The van der Waals surface area contributed by atoms with Gasteiger partial charge in [0.2, 0.25) is 0 Å². The normalized spacial score (nSPS) is 23.2. The zero-order valence-corrected chi connectivity index (χ0v) is 12.3. The molecule has 0 radical (unpaired) electrons. The zero-order valence-electron chi connectivity index (χ0n) is 12.3. The fourth-order valence-corrected chi connectivity index (χ4v) is 2.58. The first kappa shape index (κ1) is 15.9. The molecule has 0 aromatic carbocycles. The molecule has 108 valence electrons. The molecular formula is C14H30N2O2. The zero-order chi connectivity index (χ0) is 13.2. The molecule has 1 aliphatic rings. The molecule has 0 aromatic heterocycles. The lowest BCUT2D eigenvalue weighted by atomic mass is 10.1. The molecule has 1 fully saturated rings. The number of likely N-dealkylation sites (N-methyl/N-ethyl adjacent to an activating group) is 1. The first-order chi connectivity index (χ1) is 8.80. The number of nitrogens with zero attached hydrogens (tertiary/aromatic N) is 1. The minimum atomic E-state index is 0.434. The van der Waals surface area contributed by atoms with Gasteiger partial charge in [-0.05, 0) is 32.4 Å². The summed E-state index contributed by atoms with van der Waals surface area (Å²) in [5.41, 5.74) is 0. The summed E-state index contributed by atoms with van der Waals surface area (Å²) in [6.45, 7) is 10.3. The predicted octanol–water partition coefficient (Wildman–Crippen LogP) is 1.50. The lowest BCUT2D eigenvalue weighted by Gasteiger charge is -2.35. The summed E-state index contributed by atoms with van der Waals surface area (Å²) in [5, 5.41) is 3.48. The summed E-state index contributed by atoms with van der Waals surface area (Å²) in [4.78, 5) is 2.51. The van der Waals surface area contributed by atoms with Crippen molar-refractivity contribution < 1.29 is 9.47 Å². The van der Waals surface area contributed by atoms with Gasteiger partial charge < -0.3 is 14.8 Å². The van der Waals surface area contributed by atoms with Crippen molar-refractivity contribution in [2.75, 3.05) is 46.5 Å². The number of hydrogen-bond donors (Lipinski definition) is 1. The van der Waals surface area contributed by atoms with Crippen LogP contribution >= 0.6 is 0 Å². The third-order valence-corrected chi connectivity index (χ3v) is 3.36. The molecule has 4 heteroatoms. The molecule has 2 unspecified atom stereocenters. The SMILES string of the molecule is CCCOC1CCCN(CC(COC)NCC)C1. The Labute approximate surface area is 112 Å². The van der Waals surface area contributed by atoms with Crippen molar-refractivity contribution in [2.24, 2.45) is 0 Å². The van der Waals surface area contributed by atoms with Gasteiger partial charge in [-0.3, -0.25) is 4.90 Å². The van der Waals surface area contributed by atoms with E-state index in [2.05, 4.69) is 24.1 Å². The number of rotatable bonds is 9. The van der Waals surface area contributed by atoms with Gasteiger partial charge in [-0.2, -0.15) is 0 Å². The average molecular weight is 258 g/mol. The molecule has 0 aliphatic carbocycles. The van der Waals surface area contributed by atoms with Gasteiger partial charge in [0.1, 0.15) is 0 Å². The minimum absolute atomic E-state index is 0.434. The van der Waals surface area contributed by atoms with Crippen LogP contribution in [0.15, 0.2) is 0 Å². The van der Waals surface area contributed by atoms with Crippen LogP contribution in [-0.2, 0) is 9.47 Å². The van der Waals surface area contributed by atoms with Gasteiger partial charge in [-0.15, -0.1) is 0 Å². The number of piperidine rings is 1. The standard InChI is InChI=1S/C14H30N2O2/c1-4-9-18-14-7-6-8-16(11-14)10-13(12-17-3)15-5-2/h13-15H,4-12H2,1-3H3. The fraction of sp³-hybridized carbons (Fsp3) is 1.00. The van der Waals surface area contributed by atoms with Crippen molar-refractivity contribution in [2.45, 2.75) is 45.3 Å². The molecule has 0 spiro atoms. The second kappa shape index (κ2) is 9.73. The Morgan fingerprint density at radius 3 is 2.89 bits per heavy atom. The van der Waals surface area contributed by atoms with E-state index < -0.39 is 0 Å². The van der Waals surface area contributed by atoms with Crippen molar-refractivity contribution in [3.05, 3.63) is 0 Å². The van der Waals surface area contributed by atoms with Gasteiger partial charge in [0, 0.05) is 32.8 Å². The van der Waals surface area contributed by atoms with E-state index in [0.29, 0.717) is 12.1 Å². The van der Waals surface area contributed by atoms with Crippen molar-refractivity contribution in [3.8, 4) is 0 Å². The minimum Gasteiger partial charge on any atom is -0.383 e. The summed E-state index contributed by atoms with van der Waals surface area (Å²) in [6.07, 6.45) is 4.01. The average Bonchev–Trinajstić information content (AvgIpc) is 2.37. The maximum atomic E-state index is 5.87. The van der Waals surface area contributed by atoms with E-state index in [9.17, 15) is 0 Å². The van der Waals surface area contributed by atoms with Crippen LogP contribution in [0.25, 0.3) is 0 Å². The summed E-state index contributed by atoms with van der Waals surface area (Å²) in [6, 6.07) is 0.435. The molecule has 18 heavy (non-hydrogen) atoms. The Morgan fingerprint density at radius 2 is 2.22 bits per heavy atom.